The molecule has 1 saturated heterocycles. The van der Waals surface area contributed by atoms with Crippen molar-refractivity contribution < 1.29 is 9.59 Å². The van der Waals surface area contributed by atoms with Crippen LogP contribution in [0, 0.1) is 5.92 Å². The maximum Gasteiger partial charge on any atom is 0.226 e. The lowest BCUT2D eigenvalue weighted by atomic mass is 9.88. The highest BCUT2D eigenvalue weighted by Crippen LogP contribution is 2.35. The van der Waals surface area contributed by atoms with Crippen LogP contribution in [0.1, 0.15) is 69.3 Å². The number of likely N-dealkylation sites (tertiary alicyclic amines) is 1. The van der Waals surface area contributed by atoms with Crippen LogP contribution in [-0.2, 0) is 16.1 Å². The molecule has 1 saturated carbocycles. The van der Waals surface area contributed by atoms with Gasteiger partial charge >= 0.3 is 0 Å². The highest BCUT2D eigenvalue weighted by atomic mass is 16.2. The van der Waals surface area contributed by atoms with Crippen LogP contribution >= 0.6 is 0 Å². The van der Waals surface area contributed by atoms with Crippen molar-refractivity contribution >= 4 is 11.8 Å². The molecule has 1 aromatic rings. The van der Waals surface area contributed by atoms with E-state index in [0.717, 1.165) is 43.6 Å². The third kappa shape index (κ3) is 3.94. The molecule has 1 aliphatic heterocycles. The van der Waals surface area contributed by atoms with Crippen molar-refractivity contribution in [2.24, 2.45) is 5.92 Å². The van der Waals surface area contributed by atoms with E-state index >= 15 is 0 Å². The van der Waals surface area contributed by atoms with Crippen LogP contribution in [0.2, 0.25) is 0 Å². The minimum absolute atomic E-state index is 0.0582. The molecule has 5 heteroatoms. The summed E-state index contributed by atoms with van der Waals surface area (Å²) in [5.41, 5.74) is 1.80. The standard InChI is InChI=1S/C19H27N3O2/c1-14(23)20-13-16-9-5-10-17(21-16)18-11-6-12-22(18)19(24)15-7-3-2-4-8-15/h5,9-10,15,18H,2-4,6-8,11-13H2,1H3,(H,20,23)/t18-/m0/s1. The van der Waals surface area contributed by atoms with E-state index < -0.39 is 0 Å². The monoisotopic (exact) mass is 329 g/mol. The van der Waals surface area contributed by atoms with Gasteiger partial charge in [-0.15, -0.1) is 0 Å². The Morgan fingerprint density at radius 2 is 1.96 bits per heavy atom. The molecule has 24 heavy (non-hydrogen) atoms. The predicted octanol–water partition coefficient (Wildman–Crippen LogP) is 2.96. The van der Waals surface area contributed by atoms with Crippen LogP contribution in [0.15, 0.2) is 18.2 Å². The number of nitrogens with one attached hydrogen (secondary N) is 1. The Labute approximate surface area is 143 Å². The summed E-state index contributed by atoms with van der Waals surface area (Å²) in [5, 5.41) is 2.78. The van der Waals surface area contributed by atoms with Crippen LogP contribution in [-0.4, -0.2) is 28.2 Å². The Morgan fingerprint density at radius 1 is 1.17 bits per heavy atom. The molecular weight excluding hydrogens is 302 g/mol. The zero-order chi connectivity index (χ0) is 16.9. The summed E-state index contributed by atoms with van der Waals surface area (Å²) in [6, 6.07) is 5.99. The highest BCUT2D eigenvalue weighted by Gasteiger charge is 2.35. The van der Waals surface area contributed by atoms with E-state index in [-0.39, 0.29) is 17.9 Å². The van der Waals surface area contributed by atoms with Crippen molar-refractivity contribution in [3.05, 3.63) is 29.6 Å². The van der Waals surface area contributed by atoms with Gasteiger partial charge < -0.3 is 10.2 Å². The quantitative estimate of drug-likeness (QED) is 0.924. The van der Waals surface area contributed by atoms with Gasteiger partial charge in [-0.2, -0.15) is 0 Å². The lowest BCUT2D eigenvalue weighted by Crippen LogP contribution is -2.37. The number of carbonyl (C=O) groups is 2. The first-order valence-electron chi connectivity index (χ1n) is 9.16. The molecular formula is C19H27N3O2. The predicted molar refractivity (Wildman–Crippen MR) is 92.0 cm³/mol. The second-order valence-electron chi connectivity index (χ2n) is 6.99. The van der Waals surface area contributed by atoms with Crippen molar-refractivity contribution in [1.82, 2.24) is 15.2 Å². The molecule has 2 fully saturated rings. The number of nitrogens with zero attached hydrogens (tertiary/aromatic N) is 2. The molecule has 1 atom stereocenters. The smallest absolute Gasteiger partial charge is 0.226 e. The van der Waals surface area contributed by atoms with Crippen LogP contribution < -0.4 is 5.32 Å². The average Bonchev–Trinajstić information content (AvgIpc) is 3.10. The van der Waals surface area contributed by atoms with E-state index in [4.69, 9.17) is 4.98 Å². The van der Waals surface area contributed by atoms with Gasteiger partial charge in [-0.3, -0.25) is 14.6 Å². The lowest BCUT2D eigenvalue weighted by Gasteiger charge is -2.30. The summed E-state index contributed by atoms with van der Waals surface area (Å²) in [4.78, 5) is 30.8. The van der Waals surface area contributed by atoms with E-state index in [1.54, 1.807) is 0 Å². The molecule has 5 nitrogen and oxygen atoms in total. The van der Waals surface area contributed by atoms with Gasteiger partial charge in [-0.25, -0.2) is 0 Å². The maximum atomic E-state index is 12.9. The Balaban J connectivity index is 1.71. The van der Waals surface area contributed by atoms with E-state index in [9.17, 15) is 9.59 Å². The van der Waals surface area contributed by atoms with Gasteiger partial charge in [0.15, 0.2) is 0 Å². The molecule has 2 heterocycles. The fourth-order valence-corrected chi connectivity index (χ4v) is 3.92. The first kappa shape index (κ1) is 16.9. The molecule has 2 aliphatic rings. The van der Waals surface area contributed by atoms with E-state index in [1.807, 2.05) is 18.2 Å². The molecule has 130 valence electrons. The Bertz CT molecular complexity index is 596. The molecule has 0 radical (unpaired) electrons. The molecule has 0 bridgehead atoms. The van der Waals surface area contributed by atoms with Crippen molar-refractivity contribution in [2.45, 2.75) is 64.5 Å². The Kier molecular flexibility index (Phi) is 5.48. The van der Waals surface area contributed by atoms with Gasteiger partial charge in [-0.05, 0) is 37.8 Å². The minimum atomic E-state index is -0.0582. The number of carbonyl (C=O) groups excluding carboxylic acids is 2. The van der Waals surface area contributed by atoms with E-state index in [0.29, 0.717) is 12.5 Å². The second-order valence-corrected chi connectivity index (χ2v) is 6.99. The summed E-state index contributed by atoms with van der Waals surface area (Å²) >= 11 is 0. The lowest BCUT2D eigenvalue weighted by molar-refractivity contribution is -0.137. The normalized spacial score (nSPS) is 21.7. The van der Waals surface area contributed by atoms with Gasteiger partial charge in [0.05, 0.1) is 24.0 Å². The molecule has 1 aliphatic carbocycles. The number of rotatable bonds is 4. The van der Waals surface area contributed by atoms with Crippen molar-refractivity contribution in [3.8, 4) is 0 Å². The number of hydrogen-bond donors (Lipinski definition) is 1. The molecule has 1 N–H and O–H groups in total. The highest BCUT2D eigenvalue weighted by molar-refractivity contribution is 5.79. The van der Waals surface area contributed by atoms with Gasteiger partial charge in [0.25, 0.3) is 0 Å². The summed E-state index contributed by atoms with van der Waals surface area (Å²) in [5.74, 6) is 0.477. The van der Waals surface area contributed by atoms with Crippen molar-refractivity contribution in [1.29, 1.82) is 0 Å². The molecule has 2 amide bonds. The number of pyridine rings is 1. The van der Waals surface area contributed by atoms with Crippen LogP contribution in [0.4, 0.5) is 0 Å². The minimum Gasteiger partial charge on any atom is -0.351 e. The summed E-state index contributed by atoms with van der Waals surface area (Å²) in [6.07, 6.45) is 7.73. The Hall–Kier alpha value is -1.91. The van der Waals surface area contributed by atoms with Crippen LogP contribution in [0.3, 0.4) is 0 Å². The number of amides is 2. The third-order valence-corrected chi connectivity index (χ3v) is 5.18. The van der Waals surface area contributed by atoms with Crippen LogP contribution in [0.25, 0.3) is 0 Å². The van der Waals surface area contributed by atoms with E-state index in [2.05, 4.69) is 10.2 Å². The molecule has 0 spiro atoms. The maximum absolute atomic E-state index is 12.9. The molecule has 0 unspecified atom stereocenters. The van der Waals surface area contributed by atoms with Crippen molar-refractivity contribution in [2.75, 3.05) is 6.54 Å². The Morgan fingerprint density at radius 3 is 2.71 bits per heavy atom. The topological polar surface area (TPSA) is 62.3 Å². The third-order valence-electron chi connectivity index (χ3n) is 5.18. The molecule has 1 aromatic heterocycles. The summed E-state index contributed by atoms with van der Waals surface area (Å²) in [6.45, 7) is 2.79. The largest absolute Gasteiger partial charge is 0.351 e. The number of aromatic nitrogens is 1. The zero-order valence-corrected chi connectivity index (χ0v) is 14.5. The van der Waals surface area contributed by atoms with Gasteiger partial charge in [0, 0.05) is 19.4 Å². The number of hydrogen-bond acceptors (Lipinski definition) is 3. The van der Waals surface area contributed by atoms with Gasteiger partial charge in [0.2, 0.25) is 11.8 Å². The first-order chi connectivity index (χ1) is 11.6. The second kappa shape index (κ2) is 7.77. The SMILES string of the molecule is CC(=O)NCc1cccc([C@@H]2CCCN2C(=O)C2CCCCC2)n1. The first-order valence-corrected chi connectivity index (χ1v) is 9.16. The van der Waals surface area contributed by atoms with E-state index in [1.165, 1.54) is 26.2 Å². The summed E-state index contributed by atoms with van der Waals surface area (Å²) < 4.78 is 0. The van der Waals surface area contributed by atoms with Gasteiger partial charge in [0.1, 0.15) is 0 Å². The van der Waals surface area contributed by atoms with Gasteiger partial charge in [-0.1, -0.05) is 25.3 Å². The van der Waals surface area contributed by atoms with Crippen molar-refractivity contribution in [3.63, 3.8) is 0 Å². The fourth-order valence-electron chi connectivity index (χ4n) is 3.92. The fraction of sp³-hybridized carbons (Fsp3) is 0.632. The molecule has 3 rings (SSSR count). The average molecular weight is 329 g/mol. The van der Waals surface area contributed by atoms with Crippen LogP contribution in [0.5, 0.6) is 0 Å². The molecule has 0 aromatic carbocycles. The zero-order valence-electron chi connectivity index (χ0n) is 14.5. The summed E-state index contributed by atoms with van der Waals surface area (Å²) in [7, 11) is 0.